The van der Waals surface area contributed by atoms with Crippen LogP contribution < -0.4 is 0 Å². The van der Waals surface area contributed by atoms with Gasteiger partial charge < -0.3 is 9.84 Å². The van der Waals surface area contributed by atoms with Gasteiger partial charge in [-0.05, 0) is 48.8 Å². The molecule has 0 aliphatic rings. The average molecular weight is 285 g/mol. The fraction of sp³-hybridized carbons (Fsp3) is 0.625. The molecule has 108 valence electrons. The molecule has 0 bridgehead atoms. The van der Waals surface area contributed by atoms with Crippen molar-refractivity contribution in [2.75, 3.05) is 19.8 Å². The van der Waals surface area contributed by atoms with Gasteiger partial charge in [0.25, 0.3) is 0 Å². The van der Waals surface area contributed by atoms with Crippen molar-refractivity contribution in [1.29, 1.82) is 0 Å². The lowest BCUT2D eigenvalue weighted by Crippen LogP contribution is -2.13. The van der Waals surface area contributed by atoms with Crippen LogP contribution in [0.15, 0.2) is 24.3 Å². The van der Waals surface area contributed by atoms with Gasteiger partial charge in [0.1, 0.15) is 0 Å². The van der Waals surface area contributed by atoms with E-state index in [-0.39, 0.29) is 12.5 Å². The van der Waals surface area contributed by atoms with E-state index < -0.39 is 0 Å². The molecule has 2 nitrogen and oxygen atoms in total. The highest BCUT2D eigenvalue weighted by Crippen LogP contribution is 2.16. The Morgan fingerprint density at radius 3 is 2.58 bits per heavy atom. The zero-order chi connectivity index (χ0) is 14.1. The Hall–Kier alpha value is -0.570. The van der Waals surface area contributed by atoms with E-state index in [1.165, 1.54) is 5.56 Å². The monoisotopic (exact) mass is 284 g/mol. The van der Waals surface area contributed by atoms with Crippen molar-refractivity contribution in [3.8, 4) is 0 Å². The number of ether oxygens (including phenoxy) is 1. The molecule has 1 aromatic carbocycles. The van der Waals surface area contributed by atoms with Crippen molar-refractivity contribution in [3.63, 3.8) is 0 Å². The molecular weight excluding hydrogens is 260 g/mol. The molecule has 1 N–H and O–H groups in total. The lowest BCUT2D eigenvalue weighted by atomic mass is 9.97. The molecule has 0 aliphatic carbocycles. The van der Waals surface area contributed by atoms with E-state index >= 15 is 0 Å². The van der Waals surface area contributed by atoms with E-state index in [1.54, 1.807) is 0 Å². The van der Waals surface area contributed by atoms with Crippen LogP contribution in [0.3, 0.4) is 0 Å². The van der Waals surface area contributed by atoms with Crippen LogP contribution in [0.5, 0.6) is 0 Å². The van der Waals surface area contributed by atoms with E-state index in [4.69, 9.17) is 16.3 Å². The Balaban J connectivity index is 2.26. The van der Waals surface area contributed by atoms with E-state index in [2.05, 4.69) is 13.8 Å². The maximum Gasteiger partial charge on any atom is 0.0469 e. The third kappa shape index (κ3) is 7.56. The Labute approximate surface area is 121 Å². The zero-order valence-corrected chi connectivity index (χ0v) is 12.7. The summed E-state index contributed by atoms with van der Waals surface area (Å²) >= 11 is 5.96. The predicted molar refractivity (Wildman–Crippen MR) is 80.6 cm³/mol. The predicted octanol–water partition coefficient (Wildman–Crippen LogP) is 3.94. The van der Waals surface area contributed by atoms with Crippen LogP contribution in [0.1, 0.15) is 32.3 Å². The molecule has 0 amide bonds. The Morgan fingerprint density at radius 2 is 1.95 bits per heavy atom. The summed E-state index contributed by atoms with van der Waals surface area (Å²) in [6, 6.07) is 7.83. The van der Waals surface area contributed by atoms with Gasteiger partial charge in [0, 0.05) is 24.8 Å². The molecule has 1 aromatic rings. The van der Waals surface area contributed by atoms with Crippen LogP contribution >= 0.6 is 11.6 Å². The molecule has 0 spiro atoms. The van der Waals surface area contributed by atoms with Gasteiger partial charge in [0.2, 0.25) is 0 Å². The SMILES string of the molecule is CC(C)CCOCCC(CO)Cc1cccc(Cl)c1. The molecule has 0 heterocycles. The van der Waals surface area contributed by atoms with Crippen molar-refractivity contribution in [3.05, 3.63) is 34.9 Å². The highest BCUT2D eigenvalue weighted by molar-refractivity contribution is 6.30. The maximum atomic E-state index is 9.41. The molecule has 0 saturated carbocycles. The van der Waals surface area contributed by atoms with Crippen LogP contribution in [-0.2, 0) is 11.2 Å². The second-order valence-corrected chi connectivity index (χ2v) is 5.90. The molecule has 3 heteroatoms. The topological polar surface area (TPSA) is 29.5 Å². The molecule has 0 radical (unpaired) electrons. The number of benzene rings is 1. The first kappa shape index (κ1) is 16.5. The lowest BCUT2D eigenvalue weighted by molar-refractivity contribution is 0.0984. The summed E-state index contributed by atoms with van der Waals surface area (Å²) in [5, 5.41) is 10.2. The van der Waals surface area contributed by atoms with Crippen LogP contribution in [-0.4, -0.2) is 24.9 Å². The summed E-state index contributed by atoms with van der Waals surface area (Å²) in [6.45, 7) is 6.11. The fourth-order valence-corrected chi connectivity index (χ4v) is 2.14. The maximum absolute atomic E-state index is 9.41. The van der Waals surface area contributed by atoms with Gasteiger partial charge in [-0.3, -0.25) is 0 Å². The first-order valence-corrected chi connectivity index (χ1v) is 7.42. The van der Waals surface area contributed by atoms with Crippen LogP contribution in [0.25, 0.3) is 0 Å². The Bertz CT molecular complexity index is 352. The summed E-state index contributed by atoms with van der Waals surface area (Å²) in [7, 11) is 0. The first-order chi connectivity index (χ1) is 9.11. The minimum Gasteiger partial charge on any atom is -0.396 e. The molecule has 0 aliphatic heterocycles. The lowest BCUT2D eigenvalue weighted by Gasteiger charge is -2.15. The van der Waals surface area contributed by atoms with Gasteiger partial charge in [0.05, 0.1) is 0 Å². The average Bonchev–Trinajstić information content (AvgIpc) is 2.36. The molecule has 1 unspecified atom stereocenters. The van der Waals surface area contributed by atoms with Crippen molar-refractivity contribution in [1.82, 2.24) is 0 Å². The molecular formula is C16H25ClO2. The first-order valence-electron chi connectivity index (χ1n) is 7.05. The highest BCUT2D eigenvalue weighted by Gasteiger charge is 2.09. The summed E-state index contributed by atoms with van der Waals surface area (Å²) in [5.41, 5.74) is 1.17. The highest BCUT2D eigenvalue weighted by atomic mass is 35.5. The minimum atomic E-state index is 0.194. The molecule has 1 rings (SSSR count). The van der Waals surface area contributed by atoms with Gasteiger partial charge in [-0.2, -0.15) is 0 Å². The quantitative estimate of drug-likeness (QED) is 0.696. The van der Waals surface area contributed by atoms with Crippen molar-refractivity contribution in [2.24, 2.45) is 11.8 Å². The fourth-order valence-electron chi connectivity index (χ4n) is 1.93. The van der Waals surface area contributed by atoms with Crippen molar-refractivity contribution in [2.45, 2.75) is 33.1 Å². The summed E-state index contributed by atoms with van der Waals surface area (Å²) in [6.07, 6.45) is 2.84. The second-order valence-electron chi connectivity index (χ2n) is 5.47. The van der Waals surface area contributed by atoms with Gasteiger partial charge in [-0.1, -0.05) is 37.6 Å². The molecule has 0 fully saturated rings. The number of hydrogen-bond donors (Lipinski definition) is 1. The van der Waals surface area contributed by atoms with Gasteiger partial charge in [-0.15, -0.1) is 0 Å². The van der Waals surface area contributed by atoms with Gasteiger partial charge >= 0.3 is 0 Å². The molecule has 0 aromatic heterocycles. The molecule has 0 saturated heterocycles. The number of rotatable bonds is 9. The summed E-state index contributed by atoms with van der Waals surface area (Å²) in [5.74, 6) is 0.928. The third-order valence-corrected chi connectivity index (χ3v) is 3.42. The van der Waals surface area contributed by atoms with E-state index in [0.717, 1.165) is 37.5 Å². The number of halogens is 1. The number of aliphatic hydroxyl groups is 1. The summed E-state index contributed by atoms with van der Waals surface area (Å²) in [4.78, 5) is 0. The normalized spacial score (nSPS) is 12.9. The standard InChI is InChI=1S/C16H25ClO2/c1-13(2)6-8-19-9-7-15(12-18)10-14-4-3-5-16(17)11-14/h3-5,11,13,15,18H,6-10,12H2,1-2H3. The number of aliphatic hydroxyl groups excluding tert-OH is 1. The molecule has 1 atom stereocenters. The van der Waals surface area contributed by atoms with E-state index in [9.17, 15) is 5.11 Å². The Morgan fingerprint density at radius 1 is 1.21 bits per heavy atom. The number of hydrogen-bond acceptors (Lipinski definition) is 2. The minimum absolute atomic E-state index is 0.194. The van der Waals surface area contributed by atoms with Gasteiger partial charge in [0.15, 0.2) is 0 Å². The van der Waals surface area contributed by atoms with Crippen LogP contribution in [0, 0.1) is 11.8 Å². The Kier molecular flexibility index (Phi) is 8.11. The second kappa shape index (κ2) is 9.35. The molecule has 19 heavy (non-hydrogen) atoms. The largest absolute Gasteiger partial charge is 0.396 e. The van der Waals surface area contributed by atoms with Crippen LogP contribution in [0.4, 0.5) is 0 Å². The zero-order valence-electron chi connectivity index (χ0n) is 11.9. The van der Waals surface area contributed by atoms with E-state index in [1.807, 2.05) is 24.3 Å². The van der Waals surface area contributed by atoms with Gasteiger partial charge in [-0.25, -0.2) is 0 Å². The summed E-state index contributed by atoms with van der Waals surface area (Å²) < 4.78 is 5.60. The van der Waals surface area contributed by atoms with Crippen LogP contribution in [0.2, 0.25) is 5.02 Å². The smallest absolute Gasteiger partial charge is 0.0469 e. The van der Waals surface area contributed by atoms with Crippen molar-refractivity contribution < 1.29 is 9.84 Å². The van der Waals surface area contributed by atoms with E-state index in [0.29, 0.717) is 5.92 Å². The van der Waals surface area contributed by atoms with Crippen molar-refractivity contribution >= 4 is 11.6 Å². The third-order valence-electron chi connectivity index (χ3n) is 3.18.